The van der Waals surface area contributed by atoms with E-state index < -0.39 is 8.07 Å². The van der Waals surface area contributed by atoms with Crippen molar-refractivity contribution in [1.82, 2.24) is 19.7 Å². The number of likely N-dealkylation sites (N-methyl/N-ethyl adjacent to an activating group) is 1. The van der Waals surface area contributed by atoms with Gasteiger partial charge in [0.1, 0.15) is 12.5 Å². The van der Waals surface area contributed by atoms with Crippen molar-refractivity contribution in [3.63, 3.8) is 0 Å². The van der Waals surface area contributed by atoms with E-state index in [2.05, 4.69) is 72.1 Å². The first-order valence-electron chi connectivity index (χ1n) is 15.0. The van der Waals surface area contributed by atoms with Crippen molar-refractivity contribution in [2.45, 2.75) is 32.4 Å². The summed E-state index contributed by atoms with van der Waals surface area (Å²) in [4.78, 5) is 22.2. The molecule has 1 N–H and O–H groups in total. The Bertz CT molecular complexity index is 1680. The van der Waals surface area contributed by atoms with Crippen molar-refractivity contribution in [3.8, 4) is 0 Å². The molecule has 9 heteroatoms. The van der Waals surface area contributed by atoms with Crippen LogP contribution in [-0.4, -0.2) is 73.5 Å². The number of aromatic nitrogens is 3. The smallest absolute Gasteiger partial charge is 0.256 e. The number of ether oxygens (including phenoxy) is 1. The topological polar surface area (TPSA) is 75.5 Å². The predicted octanol–water partition coefficient (Wildman–Crippen LogP) is 6.16. The van der Waals surface area contributed by atoms with Crippen LogP contribution in [0.3, 0.4) is 0 Å². The highest BCUT2D eigenvalue weighted by atomic mass is 28.3. The number of pyridine rings is 1. The first-order valence-corrected chi connectivity index (χ1v) is 18.7. The second kappa shape index (κ2) is 12.3. The van der Waals surface area contributed by atoms with E-state index in [4.69, 9.17) is 14.8 Å². The molecule has 0 aliphatic carbocycles. The lowest BCUT2D eigenvalue weighted by Crippen LogP contribution is -2.44. The third-order valence-corrected chi connectivity index (χ3v) is 9.77. The molecule has 222 valence electrons. The summed E-state index contributed by atoms with van der Waals surface area (Å²) in [6.45, 7) is 12.3. The zero-order valence-electron chi connectivity index (χ0n) is 25.5. The Morgan fingerprint density at radius 3 is 2.53 bits per heavy atom. The van der Waals surface area contributed by atoms with Gasteiger partial charge in [-0.15, -0.1) is 0 Å². The number of hydrogen-bond donors (Lipinski definition) is 1. The summed E-state index contributed by atoms with van der Waals surface area (Å²) in [7, 11) is 0.961. The summed E-state index contributed by atoms with van der Waals surface area (Å²) in [5, 5.41) is 8.94. The van der Waals surface area contributed by atoms with Crippen molar-refractivity contribution in [3.05, 3.63) is 83.2 Å². The third kappa shape index (κ3) is 6.80. The van der Waals surface area contributed by atoms with Crippen LogP contribution in [0.15, 0.2) is 60.8 Å². The van der Waals surface area contributed by atoms with Gasteiger partial charge >= 0.3 is 0 Å². The zero-order valence-corrected chi connectivity index (χ0v) is 26.5. The average molecular weight is 593 g/mol. The first-order chi connectivity index (χ1) is 20.7. The maximum Gasteiger partial charge on any atom is 0.256 e. The maximum atomic E-state index is 12.7. The summed E-state index contributed by atoms with van der Waals surface area (Å²) in [5.74, 6) is 0.941. The van der Waals surface area contributed by atoms with Gasteiger partial charge in [-0.1, -0.05) is 50.0 Å². The van der Waals surface area contributed by atoms with Crippen LogP contribution >= 0.6 is 0 Å². The molecule has 0 unspecified atom stereocenters. The largest absolute Gasteiger partial charge is 0.360 e. The molecule has 1 saturated heterocycles. The van der Waals surface area contributed by atoms with Crippen LogP contribution in [0.25, 0.3) is 34.7 Å². The molecule has 2 aliphatic heterocycles. The van der Waals surface area contributed by atoms with Crippen LogP contribution < -0.4 is 10.2 Å². The second-order valence-electron chi connectivity index (χ2n) is 12.6. The Kier molecular flexibility index (Phi) is 8.29. The molecule has 6 rings (SSSR count). The third-order valence-electron chi connectivity index (χ3n) is 8.07. The van der Waals surface area contributed by atoms with E-state index in [0.29, 0.717) is 18.9 Å². The number of rotatable bonds is 9. The van der Waals surface area contributed by atoms with E-state index in [-0.39, 0.29) is 5.91 Å². The van der Waals surface area contributed by atoms with E-state index >= 15 is 0 Å². The quantitative estimate of drug-likeness (QED) is 0.143. The van der Waals surface area contributed by atoms with Crippen LogP contribution in [0.4, 0.5) is 11.5 Å². The van der Waals surface area contributed by atoms with Crippen molar-refractivity contribution < 1.29 is 9.53 Å². The van der Waals surface area contributed by atoms with Crippen LogP contribution in [0.5, 0.6) is 0 Å². The van der Waals surface area contributed by atoms with E-state index in [1.165, 1.54) is 0 Å². The number of carbonyl (C=O) groups is 1. The fourth-order valence-electron chi connectivity index (χ4n) is 5.40. The Balaban J connectivity index is 1.27. The minimum absolute atomic E-state index is 0.0830. The molecule has 2 aromatic heterocycles. The lowest BCUT2D eigenvalue weighted by molar-refractivity contribution is -0.110. The molecular weight excluding hydrogens is 553 g/mol. The van der Waals surface area contributed by atoms with Gasteiger partial charge in [0.25, 0.3) is 5.91 Å². The molecule has 43 heavy (non-hydrogen) atoms. The summed E-state index contributed by atoms with van der Waals surface area (Å²) >= 11 is 0. The number of anilines is 2. The molecule has 0 saturated carbocycles. The minimum atomic E-state index is -1.20. The summed E-state index contributed by atoms with van der Waals surface area (Å²) in [6.07, 6.45) is 7.99. The van der Waals surface area contributed by atoms with Crippen LogP contribution in [0.1, 0.15) is 22.4 Å². The van der Waals surface area contributed by atoms with E-state index in [0.717, 1.165) is 77.0 Å². The van der Waals surface area contributed by atoms with E-state index in [1.807, 2.05) is 53.4 Å². The molecular formula is C34H40N6O2Si. The molecule has 2 aromatic carbocycles. The van der Waals surface area contributed by atoms with Gasteiger partial charge < -0.3 is 19.9 Å². The Hall–Kier alpha value is -4.05. The number of fused-ring (bicyclic) bond motifs is 2. The molecule has 4 aromatic rings. The average Bonchev–Trinajstić information content (AvgIpc) is 3.50. The van der Waals surface area contributed by atoms with Crippen LogP contribution in [-0.2, 0) is 16.3 Å². The molecule has 0 bridgehead atoms. The van der Waals surface area contributed by atoms with Gasteiger partial charge in [-0.3, -0.25) is 4.79 Å². The minimum Gasteiger partial charge on any atom is -0.360 e. The van der Waals surface area contributed by atoms with Crippen LogP contribution in [0, 0.1) is 0 Å². The lowest BCUT2D eigenvalue weighted by atomic mass is 10.0. The number of hydrogen-bond acceptors (Lipinski definition) is 6. The van der Waals surface area contributed by atoms with Gasteiger partial charge in [-0.25, -0.2) is 9.67 Å². The molecule has 4 heterocycles. The van der Waals surface area contributed by atoms with Gasteiger partial charge in [0.15, 0.2) is 0 Å². The predicted molar refractivity (Wildman–Crippen MR) is 180 cm³/mol. The first kappa shape index (κ1) is 29.0. The Morgan fingerprint density at radius 2 is 1.77 bits per heavy atom. The number of nitrogens with zero attached hydrogens (tertiary/aromatic N) is 5. The molecule has 0 atom stereocenters. The Morgan fingerprint density at radius 1 is 0.977 bits per heavy atom. The van der Waals surface area contributed by atoms with Gasteiger partial charge in [0.05, 0.1) is 11.2 Å². The van der Waals surface area contributed by atoms with Crippen molar-refractivity contribution >= 4 is 60.2 Å². The monoisotopic (exact) mass is 592 g/mol. The van der Waals surface area contributed by atoms with Gasteiger partial charge in [-0.2, -0.15) is 5.10 Å². The second-order valence-corrected chi connectivity index (χ2v) is 18.3. The van der Waals surface area contributed by atoms with Crippen molar-refractivity contribution in [2.75, 3.05) is 50.1 Å². The fraction of sp³-hybridized carbons (Fsp3) is 0.324. The van der Waals surface area contributed by atoms with E-state index in [9.17, 15) is 4.79 Å². The van der Waals surface area contributed by atoms with Crippen molar-refractivity contribution in [1.29, 1.82) is 0 Å². The van der Waals surface area contributed by atoms with Crippen LogP contribution in [0.2, 0.25) is 25.7 Å². The molecule has 1 amide bonds. The molecule has 0 spiro atoms. The number of amides is 1. The highest BCUT2D eigenvalue weighted by Crippen LogP contribution is 2.33. The zero-order chi connectivity index (χ0) is 30.0. The molecule has 0 radical (unpaired) electrons. The van der Waals surface area contributed by atoms with Gasteiger partial charge in [-0.05, 0) is 66.7 Å². The molecule has 1 fully saturated rings. The number of carbonyl (C=O) groups excluding carboxylic acids is 1. The summed E-state index contributed by atoms with van der Waals surface area (Å²) in [5.41, 5.74) is 6.24. The van der Waals surface area contributed by atoms with Gasteiger partial charge in [0.2, 0.25) is 0 Å². The lowest BCUT2D eigenvalue weighted by Gasteiger charge is -2.33. The number of piperazine rings is 1. The highest BCUT2D eigenvalue weighted by molar-refractivity contribution is 6.76. The number of para-hydroxylation sites is 1. The maximum absolute atomic E-state index is 12.7. The summed E-state index contributed by atoms with van der Waals surface area (Å²) < 4.78 is 8.04. The number of nitrogens with one attached hydrogen (secondary N) is 1. The van der Waals surface area contributed by atoms with Crippen molar-refractivity contribution in [2.24, 2.45) is 0 Å². The SMILES string of the molecule is CN1CCN(c2ccc(C=Cc3nn(COCC[Si](C)(C)C)c4cc(C=C5C(=O)Nc6ccccc65)ccc34)cn2)CC1. The summed E-state index contributed by atoms with van der Waals surface area (Å²) in [6, 6.07) is 19.3. The van der Waals surface area contributed by atoms with E-state index in [1.54, 1.807) is 0 Å². The molecule has 8 nitrogen and oxygen atoms in total. The normalized spacial score (nSPS) is 16.9. The highest BCUT2D eigenvalue weighted by Gasteiger charge is 2.23. The standard InChI is InChI=1S/C34H40N6O2Si/c1-38-15-17-39(18-16-38)33-14-11-25(23-35-33)10-13-31-28-12-9-26(21-29-27-7-5-6-8-30(27)36-34(29)41)22-32(28)40(37-31)24-42-19-20-43(2,3)4/h5-14,21-23H,15-20,24H2,1-4H3,(H,36,41). The fourth-order valence-corrected chi connectivity index (χ4v) is 6.16. The molecule has 2 aliphatic rings. The Labute approximate surface area is 254 Å². The number of benzene rings is 2. The van der Waals surface area contributed by atoms with Gasteiger partial charge in [0, 0.05) is 69.3 Å².